The zero-order valence-electron chi connectivity index (χ0n) is 11.6. The van der Waals surface area contributed by atoms with Gasteiger partial charge in [-0.1, -0.05) is 42.0 Å². The van der Waals surface area contributed by atoms with E-state index in [1.807, 2.05) is 56.3 Å². The number of aryl methyl sites for hydroxylation is 1. The Labute approximate surface area is 118 Å². The summed E-state index contributed by atoms with van der Waals surface area (Å²) in [5, 5.41) is 4.63. The van der Waals surface area contributed by atoms with Crippen LogP contribution in [0.15, 0.2) is 48.5 Å². The number of nitrogens with one attached hydrogen (secondary N) is 1. The van der Waals surface area contributed by atoms with Crippen molar-refractivity contribution in [2.45, 2.75) is 19.5 Å². The number of carbonyl (C=O) groups is 1. The van der Waals surface area contributed by atoms with Gasteiger partial charge >= 0.3 is 0 Å². The highest BCUT2D eigenvalue weighted by Crippen LogP contribution is 2.35. The number of hydrazine groups is 1. The Bertz CT molecular complexity index is 666. The Balaban J connectivity index is 2.11. The highest BCUT2D eigenvalue weighted by Gasteiger charge is 2.40. The number of benzene rings is 2. The summed E-state index contributed by atoms with van der Waals surface area (Å²) in [7, 11) is 0. The minimum atomic E-state index is -0.751. The van der Waals surface area contributed by atoms with Crippen molar-refractivity contribution in [3.05, 3.63) is 65.2 Å². The van der Waals surface area contributed by atoms with Crippen LogP contribution in [-0.2, 0) is 5.66 Å². The van der Waals surface area contributed by atoms with E-state index in [2.05, 4.69) is 5.32 Å². The molecule has 2 aromatic rings. The van der Waals surface area contributed by atoms with E-state index in [4.69, 9.17) is 5.84 Å². The van der Waals surface area contributed by atoms with Crippen LogP contribution in [0.2, 0.25) is 0 Å². The van der Waals surface area contributed by atoms with Gasteiger partial charge in [-0.15, -0.1) is 0 Å². The predicted molar refractivity (Wildman–Crippen MR) is 79.0 cm³/mol. The summed E-state index contributed by atoms with van der Waals surface area (Å²) in [5.41, 5.74) is 2.78. The van der Waals surface area contributed by atoms with Crippen LogP contribution in [0, 0.1) is 6.92 Å². The van der Waals surface area contributed by atoms with Crippen LogP contribution >= 0.6 is 0 Å². The lowest BCUT2D eigenvalue weighted by atomic mass is 9.94. The number of nitrogens with two attached hydrogens (primary N) is 1. The maximum Gasteiger partial charge on any atom is 0.272 e. The molecular formula is C16H17N3O. The van der Waals surface area contributed by atoms with Crippen molar-refractivity contribution >= 4 is 11.6 Å². The van der Waals surface area contributed by atoms with Gasteiger partial charge in [-0.25, -0.2) is 10.9 Å². The molecule has 0 saturated carbocycles. The molecule has 4 nitrogen and oxygen atoms in total. The second-order valence-electron chi connectivity index (χ2n) is 5.28. The van der Waals surface area contributed by atoms with Gasteiger partial charge in [0, 0.05) is 5.69 Å². The molecule has 3 rings (SSSR count). The molecule has 0 bridgehead atoms. The minimum Gasteiger partial charge on any atom is -0.357 e. The van der Waals surface area contributed by atoms with Gasteiger partial charge in [0.1, 0.15) is 0 Å². The molecule has 0 saturated heterocycles. The Morgan fingerprint density at radius 3 is 2.45 bits per heavy atom. The first-order chi connectivity index (χ1) is 9.52. The van der Waals surface area contributed by atoms with E-state index in [-0.39, 0.29) is 5.91 Å². The smallest absolute Gasteiger partial charge is 0.272 e. The minimum absolute atomic E-state index is 0.178. The highest BCUT2D eigenvalue weighted by molar-refractivity contribution is 6.01. The standard InChI is InChI=1S/C16H17N3O/c1-11-7-9-12(10-8-11)16(2)18-14-6-4-3-5-13(14)15(20)19(16)17/h3-10,18H,17H2,1-2H3. The van der Waals surface area contributed by atoms with E-state index < -0.39 is 5.66 Å². The number of fused-ring (bicyclic) bond motifs is 1. The molecule has 0 fully saturated rings. The molecule has 1 amide bonds. The molecule has 1 heterocycles. The number of hydrogen-bond donors (Lipinski definition) is 2. The summed E-state index contributed by atoms with van der Waals surface area (Å²) >= 11 is 0. The van der Waals surface area contributed by atoms with Gasteiger partial charge in [0.15, 0.2) is 5.66 Å². The third-order valence-electron chi connectivity index (χ3n) is 3.85. The lowest BCUT2D eigenvalue weighted by Gasteiger charge is -2.43. The lowest BCUT2D eigenvalue weighted by molar-refractivity contribution is 0.0534. The van der Waals surface area contributed by atoms with Gasteiger partial charge in [0.2, 0.25) is 0 Å². The SMILES string of the molecule is Cc1ccc(C2(C)Nc3ccccc3C(=O)N2N)cc1. The quantitative estimate of drug-likeness (QED) is 0.617. The van der Waals surface area contributed by atoms with E-state index in [9.17, 15) is 4.79 Å². The number of para-hydroxylation sites is 1. The van der Waals surface area contributed by atoms with Crippen LogP contribution in [-0.4, -0.2) is 10.9 Å². The average molecular weight is 267 g/mol. The molecular weight excluding hydrogens is 250 g/mol. The van der Waals surface area contributed by atoms with Crippen LogP contribution in [0.5, 0.6) is 0 Å². The Hall–Kier alpha value is -2.33. The second kappa shape index (κ2) is 4.35. The molecule has 0 spiro atoms. The van der Waals surface area contributed by atoms with Crippen molar-refractivity contribution in [3.8, 4) is 0 Å². The third-order valence-corrected chi connectivity index (χ3v) is 3.85. The number of hydrogen-bond acceptors (Lipinski definition) is 3. The fourth-order valence-electron chi connectivity index (χ4n) is 2.52. The predicted octanol–water partition coefficient (Wildman–Crippen LogP) is 2.61. The van der Waals surface area contributed by atoms with Crippen LogP contribution in [0.25, 0.3) is 0 Å². The molecule has 20 heavy (non-hydrogen) atoms. The molecule has 3 N–H and O–H groups in total. The summed E-state index contributed by atoms with van der Waals surface area (Å²) in [5.74, 6) is 5.88. The summed E-state index contributed by atoms with van der Waals surface area (Å²) in [6.07, 6.45) is 0. The molecule has 1 unspecified atom stereocenters. The first kappa shape index (κ1) is 12.7. The largest absolute Gasteiger partial charge is 0.357 e. The number of nitrogens with zero attached hydrogens (tertiary/aromatic N) is 1. The monoisotopic (exact) mass is 267 g/mol. The van der Waals surface area contributed by atoms with E-state index >= 15 is 0 Å². The van der Waals surface area contributed by atoms with Crippen molar-refractivity contribution in [2.75, 3.05) is 5.32 Å². The number of amides is 1. The van der Waals surface area contributed by atoms with E-state index in [1.165, 1.54) is 10.6 Å². The molecule has 0 aromatic heterocycles. The Morgan fingerprint density at radius 1 is 1.10 bits per heavy atom. The number of carbonyl (C=O) groups excluding carboxylic acids is 1. The summed E-state index contributed by atoms with van der Waals surface area (Å²) in [6.45, 7) is 3.94. The molecule has 2 aromatic carbocycles. The van der Waals surface area contributed by atoms with Crippen molar-refractivity contribution < 1.29 is 4.79 Å². The summed E-state index contributed by atoms with van der Waals surface area (Å²) in [4.78, 5) is 12.4. The highest BCUT2D eigenvalue weighted by atomic mass is 16.2. The van der Waals surface area contributed by atoms with E-state index in [1.54, 1.807) is 6.07 Å². The van der Waals surface area contributed by atoms with E-state index in [0.717, 1.165) is 11.3 Å². The molecule has 0 radical (unpaired) electrons. The fraction of sp³-hybridized carbons (Fsp3) is 0.188. The zero-order valence-corrected chi connectivity index (χ0v) is 11.6. The lowest BCUT2D eigenvalue weighted by Crippen LogP contribution is -2.59. The Morgan fingerprint density at radius 2 is 1.75 bits per heavy atom. The molecule has 4 heteroatoms. The molecule has 0 aliphatic carbocycles. The van der Waals surface area contributed by atoms with Crippen molar-refractivity contribution in [1.82, 2.24) is 5.01 Å². The first-order valence-electron chi connectivity index (χ1n) is 6.56. The second-order valence-corrected chi connectivity index (χ2v) is 5.28. The van der Waals surface area contributed by atoms with Gasteiger partial charge in [-0.2, -0.15) is 0 Å². The van der Waals surface area contributed by atoms with Crippen LogP contribution in [0.4, 0.5) is 5.69 Å². The molecule has 1 aliphatic rings. The summed E-state index contributed by atoms with van der Waals surface area (Å²) in [6, 6.07) is 15.4. The van der Waals surface area contributed by atoms with Crippen molar-refractivity contribution in [3.63, 3.8) is 0 Å². The first-order valence-corrected chi connectivity index (χ1v) is 6.56. The maximum absolute atomic E-state index is 12.4. The normalized spacial score (nSPS) is 21.4. The molecule has 1 aliphatic heterocycles. The van der Waals surface area contributed by atoms with Crippen LogP contribution in [0.1, 0.15) is 28.4 Å². The van der Waals surface area contributed by atoms with Crippen LogP contribution < -0.4 is 11.2 Å². The summed E-state index contributed by atoms with van der Waals surface area (Å²) < 4.78 is 0. The number of rotatable bonds is 1. The van der Waals surface area contributed by atoms with Gasteiger partial charge in [-0.3, -0.25) is 4.79 Å². The van der Waals surface area contributed by atoms with Gasteiger partial charge in [-0.05, 0) is 31.5 Å². The van der Waals surface area contributed by atoms with E-state index in [0.29, 0.717) is 5.56 Å². The zero-order chi connectivity index (χ0) is 14.3. The average Bonchev–Trinajstić information content (AvgIpc) is 2.46. The van der Waals surface area contributed by atoms with Crippen LogP contribution in [0.3, 0.4) is 0 Å². The topological polar surface area (TPSA) is 58.4 Å². The molecule has 102 valence electrons. The van der Waals surface area contributed by atoms with Crippen molar-refractivity contribution in [1.29, 1.82) is 0 Å². The van der Waals surface area contributed by atoms with Crippen molar-refractivity contribution in [2.24, 2.45) is 5.84 Å². The van der Waals surface area contributed by atoms with Gasteiger partial charge in [0.25, 0.3) is 5.91 Å². The van der Waals surface area contributed by atoms with Gasteiger partial charge < -0.3 is 5.32 Å². The number of anilines is 1. The maximum atomic E-state index is 12.4. The Kier molecular flexibility index (Phi) is 2.76. The third kappa shape index (κ3) is 1.77. The molecule has 1 atom stereocenters. The fourth-order valence-corrected chi connectivity index (χ4v) is 2.52. The van der Waals surface area contributed by atoms with Gasteiger partial charge in [0.05, 0.1) is 5.56 Å².